The molecule has 0 spiro atoms. The molecule has 3 heteroatoms. The number of rotatable bonds is 3. The van der Waals surface area contributed by atoms with E-state index in [4.69, 9.17) is 4.98 Å². The molecular weight excluding hydrogens is 258 g/mol. The zero-order valence-electron chi connectivity index (χ0n) is 13.5. The first kappa shape index (κ1) is 14.1. The van der Waals surface area contributed by atoms with E-state index >= 15 is 0 Å². The van der Waals surface area contributed by atoms with Gasteiger partial charge in [-0.25, -0.2) is 9.97 Å². The smallest absolute Gasteiger partial charge is 0.134 e. The molecule has 1 saturated carbocycles. The second-order valence-corrected chi connectivity index (χ2v) is 6.18. The highest BCUT2D eigenvalue weighted by molar-refractivity contribution is 5.72. The summed E-state index contributed by atoms with van der Waals surface area (Å²) in [6, 6.07) is 4.51. The van der Waals surface area contributed by atoms with Gasteiger partial charge in [-0.15, -0.1) is 0 Å². The van der Waals surface area contributed by atoms with E-state index < -0.39 is 0 Å². The van der Waals surface area contributed by atoms with E-state index in [1.54, 1.807) is 0 Å². The highest BCUT2D eigenvalue weighted by atomic mass is 15.0. The van der Waals surface area contributed by atoms with Gasteiger partial charge in [0, 0.05) is 24.1 Å². The van der Waals surface area contributed by atoms with Gasteiger partial charge in [-0.2, -0.15) is 0 Å². The van der Waals surface area contributed by atoms with Crippen molar-refractivity contribution in [1.82, 2.24) is 9.97 Å². The maximum atomic E-state index is 4.89. The number of hydrogen-bond acceptors (Lipinski definition) is 3. The number of nitrogens with zero attached hydrogens (tertiary/aromatic N) is 2. The Labute approximate surface area is 126 Å². The van der Waals surface area contributed by atoms with Crippen LogP contribution >= 0.6 is 0 Å². The Morgan fingerprint density at radius 2 is 1.62 bits per heavy atom. The van der Waals surface area contributed by atoms with Crippen molar-refractivity contribution in [2.24, 2.45) is 0 Å². The van der Waals surface area contributed by atoms with E-state index in [9.17, 15) is 0 Å². The van der Waals surface area contributed by atoms with Crippen LogP contribution in [0.1, 0.15) is 46.8 Å². The third kappa shape index (κ3) is 2.53. The van der Waals surface area contributed by atoms with Crippen molar-refractivity contribution in [2.75, 3.05) is 12.4 Å². The number of aryl methyl sites for hydroxylation is 3. The summed E-state index contributed by atoms with van der Waals surface area (Å²) in [5.41, 5.74) is 7.37. The molecule has 1 aromatic carbocycles. The minimum absolute atomic E-state index is 0.559. The highest BCUT2D eigenvalue weighted by Gasteiger charge is 2.28. The molecule has 3 rings (SSSR count). The Balaban J connectivity index is 2.21. The number of aromatic nitrogens is 2. The molecule has 0 atom stereocenters. The zero-order chi connectivity index (χ0) is 15.1. The standard InChI is InChI=1S/C18H23N3/c1-10-8-12(3)15(9-11(10)2)16-13(4)17(19-5)21-18(20-16)14-6-7-14/h8-9,14H,6-7H2,1-5H3,(H,19,20,21). The van der Waals surface area contributed by atoms with Gasteiger partial charge in [0.25, 0.3) is 0 Å². The topological polar surface area (TPSA) is 37.8 Å². The lowest BCUT2D eigenvalue weighted by molar-refractivity contribution is 0.923. The fourth-order valence-corrected chi connectivity index (χ4v) is 2.78. The van der Waals surface area contributed by atoms with Crippen LogP contribution in [0.2, 0.25) is 0 Å². The van der Waals surface area contributed by atoms with Crippen LogP contribution in [0.3, 0.4) is 0 Å². The van der Waals surface area contributed by atoms with Gasteiger partial charge in [-0.1, -0.05) is 6.07 Å². The van der Waals surface area contributed by atoms with Gasteiger partial charge in [0.05, 0.1) is 5.69 Å². The summed E-state index contributed by atoms with van der Waals surface area (Å²) in [7, 11) is 1.93. The van der Waals surface area contributed by atoms with Crippen molar-refractivity contribution in [3.63, 3.8) is 0 Å². The van der Waals surface area contributed by atoms with Crippen molar-refractivity contribution >= 4 is 5.82 Å². The van der Waals surface area contributed by atoms with E-state index in [0.29, 0.717) is 5.92 Å². The van der Waals surface area contributed by atoms with E-state index in [1.165, 1.54) is 35.1 Å². The van der Waals surface area contributed by atoms with Gasteiger partial charge >= 0.3 is 0 Å². The monoisotopic (exact) mass is 281 g/mol. The third-order valence-corrected chi connectivity index (χ3v) is 4.44. The summed E-state index contributed by atoms with van der Waals surface area (Å²) >= 11 is 0. The van der Waals surface area contributed by atoms with Gasteiger partial charge in [-0.3, -0.25) is 0 Å². The fraction of sp³-hybridized carbons (Fsp3) is 0.444. The molecule has 3 nitrogen and oxygen atoms in total. The lowest BCUT2D eigenvalue weighted by atomic mass is 9.96. The van der Waals surface area contributed by atoms with Gasteiger partial charge in [0.15, 0.2) is 0 Å². The molecule has 0 unspecified atom stereocenters. The molecule has 0 saturated heterocycles. The Bertz CT molecular complexity index is 700. The molecule has 110 valence electrons. The van der Waals surface area contributed by atoms with E-state index in [-0.39, 0.29) is 0 Å². The molecule has 1 heterocycles. The van der Waals surface area contributed by atoms with Crippen molar-refractivity contribution in [1.29, 1.82) is 0 Å². The van der Waals surface area contributed by atoms with Crippen LogP contribution in [-0.4, -0.2) is 17.0 Å². The maximum Gasteiger partial charge on any atom is 0.134 e. The number of benzene rings is 1. The normalized spacial score (nSPS) is 14.3. The molecule has 1 N–H and O–H groups in total. The predicted molar refractivity (Wildman–Crippen MR) is 87.9 cm³/mol. The molecule has 0 radical (unpaired) electrons. The first-order valence-electron chi connectivity index (χ1n) is 7.65. The fourth-order valence-electron chi connectivity index (χ4n) is 2.78. The van der Waals surface area contributed by atoms with Crippen LogP contribution < -0.4 is 5.32 Å². The summed E-state index contributed by atoms with van der Waals surface area (Å²) in [6.07, 6.45) is 2.44. The molecular formula is C18H23N3. The Morgan fingerprint density at radius 3 is 2.24 bits per heavy atom. The highest BCUT2D eigenvalue weighted by Crippen LogP contribution is 2.40. The van der Waals surface area contributed by atoms with Crippen molar-refractivity contribution in [3.8, 4) is 11.3 Å². The van der Waals surface area contributed by atoms with E-state index in [2.05, 4.69) is 50.1 Å². The van der Waals surface area contributed by atoms with Crippen LogP contribution in [0, 0.1) is 27.7 Å². The van der Waals surface area contributed by atoms with Gasteiger partial charge < -0.3 is 5.32 Å². The number of anilines is 1. The molecule has 1 aliphatic rings. The van der Waals surface area contributed by atoms with E-state index in [1.807, 2.05) is 7.05 Å². The van der Waals surface area contributed by atoms with Crippen LogP contribution in [0.5, 0.6) is 0 Å². The molecule has 21 heavy (non-hydrogen) atoms. The molecule has 0 amide bonds. The second-order valence-electron chi connectivity index (χ2n) is 6.18. The maximum absolute atomic E-state index is 4.89. The van der Waals surface area contributed by atoms with Gasteiger partial charge in [-0.05, 0) is 63.3 Å². The lowest BCUT2D eigenvalue weighted by Gasteiger charge is -2.15. The summed E-state index contributed by atoms with van der Waals surface area (Å²) in [6.45, 7) is 8.59. The van der Waals surface area contributed by atoms with E-state index in [0.717, 1.165) is 22.9 Å². The average molecular weight is 281 g/mol. The first-order chi connectivity index (χ1) is 10.0. The van der Waals surface area contributed by atoms with Gasteiger partial charge in [0.2, 0.25) is 0 Å². The molecule has 1 fully saturated rings. The summed E-state index contributed by atoms with van der Waals surface area (Å²) < 4.78 is 0. The summed E-state index contributed by atoms with van der Waals surface area (Å²) in [4.78, 5) is 9.58. The average Bonchev–Trinajstić information content (AvgIpc) is 3.28. The van der Waals surface area contributed by atoms with Crippen molar-refractivity contribution < 1.29 is 0 Å². The zero-order valence-corrected chi connectivity index (χ0v) is 13.5. The predicted octanol–water partition coefficient (Wildman–Crippen LogP) is 4.30. The molecule has 0 aliphatic heterocycles. The second kappa shape index (κ2) is 5.14. The molecule has 2 aromatic rings. The number of hydrogen-bond donors (Lipinski definition) is 1. The van der Waals surface area contributed by atoms with Crippen LogP contribution in [0.25, 0.3) is 11.3 Å². The minimum atomic E-state index is 0.559. The summed E-state index contributed by atoms with van der Waals surface area (Å²) in [5.74, 6) is 2.51. The minimum Gasteiger partial charge on any atom is -0.373 e. The van der Waals surface area contributed by atoms with Crippen LogP contribution in [0.15, 0.2) is 12.1 Å². The quantitative estimate of drug-likeness (QED) is 0.911. The van der Waals surface area contributed by atoms with Crippen LogP contribution in [0.4, 0.5) is 5.82 Å². The van der Waals surface area contributed by atoms with Gasteiger partial charge in [0.1, 0.15) is 11.6 Å². The van der Waals surface area contributed by atoms with Crippen molar-refractivity contribution in [2.45, 2.75) is 46.5 Å². The molecule has 0 bridgehead atoms. The number of nitrogens with one attached hydrogen (secondary N) is 1. The Kier molecular flexibility index (Phi) is 3.44. The lowest BCUT2D eigenvalue weighted by Crippen LogP contribution is -2.05. The third-order valence-electron chi connectivity index (χ3n) is 4.44. The first-order valence-corrected chi connectivity index (χ1v) is 7.65. The van der Waals surface area contributed by atoms with Crippen LogP contribution in [-0.2, 0) is 0 Å². The SMILES string of the molecule is CNc1nc(C2CC2)nc(-c2cc(C)c(C)cc2C)c1C. The Hall–Kier alpha value is -1.90. The Morgan fingerprint density at radius 1 is 0.952 bits per heavy atom. The molecule has 1 aliphatic carbocycles. The van der Waals surface area contributed by atoms with Crippen molar-refractivity contribution in [3.05, 3.63) is 40.2 Å². The molecule has 1 aromatic heterocycles. The largest absolute Gasteiger partial charge is 0.373 e. The summed E-state index contributed by atoms with van der Waals surface area (Å²) in [5, 5.41) is 3.22.